The van der Waals surface area contributed by atoms with Gasteiger partial charge in [0.2, 0.25) is 0 Å². The quantitative estimate of drug-likeness (QED) is 0.694. The van der Waals surface area contributed by atoms with Crippen LogP contribution in [0.4, 0.5) is 5.69 Å². The monoisotopic (exact) mass is 387 g/mol. The van der Waals surface area contributed by atoms with Gasteiger partial charge in [-0.15, -0.1) is 0 Å². The van der Waals surface area contributed by atoms with Crippen LogP contribution < -0.4 is 11.1 Å². The zero-order valence-electron chi connectivity index (χ0n) is 14.8. The first-order valence-corrected chi connectivity index (χ1v) is 9.58. The number of nitrogens with two attached hydrogens (primary N) is 1. The number of rotatable bonds is 4. The number of benzene rings is 2. The van der Waals surface area contributed by atoms with Crippen molar-refractivity contribution in [1.29, 1.82) is 0 Å². The maximum absolute atomic E-state index is 6.57. The fraction of sp³-hybridized carbons (Fsp3) is 0.286. The molecule has 0 radical (unpaired) electrons. The van der Waals surface area contributed by atoms with Gasteiger partial charge < -0.3 is 11.1 Å². The molecule has 0 amide bonds. The lowest BCUT2D eigenvalue weighted by Crippen LogP contribution is -2.31. The van der Waals surface area contributed by atoms with Crippen molar-refractivity contribution in [3.63, 3.8) is 0 Å². The molecule has 3 N–H and O–H groups in total. The molecule has 2 aromatic rings. The van der Waals surface area contributed by atoms with E-state index in [2.05, 4.69) is 5.32 Å². The van der Waals surface area contributed by atoms with E-state index in [-0.39, 0.29) is 0 Å². The second-order valence-electron chi connectivity index (χ2n) is 6.52. The number of aliphatic imine (C=N–C) groups is 1. The SMILES string of the molecule is C/C(C(=Nc1ccccc1)c1ccc(Cl)cc1Cl)=C(/N)C1CCNCC1. The van der Waals surface area contributed by atoms with Gasteiger partial charge in [0, 0.05) is 22.2 Å². The molecule has 0 saturated carbocycles. The number of allylic oxidation sites excluding steroid dienone is 2. The highest BCUT2D eigenvalue weighted by Crippen LogP contribution is 2.29. The zero-order chi connectivity index (χ0) is 18.5. The smallest absolute Gasteiger partial charge is 0.0770 e. The fourth-order valence-electron chi connectivity index (χ4n) is 3.24. The molecule has 0 aliphatic carbocycles. The molecule has 3 nitrogen and oxygen atoms in total. The van der Waals surface area contributed by atoms with E-state index in [4.69, 9.17) is 33.9 Å². The second kappa shape index (κ2) is 8.72. The lowest BCUT2D eigenvalue weighted by molar-refractivity contribution is 0.416. The van der Waals surface area contributed by atoms with Crippen molar-refractivity contribution in [3.05, 3.63) is 75.4 Å². The maximum atomic E-state index is 6.57. The van der Waals surface area contributed by atoms with Crippen LogP contribution >= 0.6 is 23.2 Å². The van der Waals surface area contributed by atoms with Crippen molar-refractivity contribution in [2.45, 2.75) is 19.8 Å². The predicted molar refractivity (Wildman–Crippen MR) is 112 cm³/mol. The number of nitrogens with zero attached hydrogens (tertiary/aromatic N) is 1. The van der Waals surface area contributed by atoms with Gasteiger partial charge in [0.05, 0.1) is 16.4 Å². The summed E-state index contributed by atoms with van der Waals surface area (Å²) in [5.74, 6) is 0.364. The van der Waals surface area contributed by atoms with Crippen LogP contribution in [0.25, 0.3) is 0 Å². The van der Waals surface area contributed by atoms with Crippen molar-refractivity contribution < 1.29 is 0 Å². The van der Waals surface area contributed by atoms with E-state index < -0.39 is 0 Å². The molecule has 136 valence electrons. The number of hydrogen-bond donors (Lipinski definition) is 2. The highest BCUT2D eigenvalue weighted by molar-refractivity contribution is 6.38. The first-order chi connectivity index (χ1) is 12.6. The molecule has 1 fully saturated rings. The molecular formula is C21H23Cl2N3. The Labute approximate surface area is 164 Å². The van der Waals surface area contributed by atoms with Crippen LogP contribution in [0.15, 0.2) is 64.8 Å². The third kappa shape index (κ3) is 4.47. The third-order valence-electron chi connectivity index (χ3n) is 4.75. The molecule has 1 saturated heterocycles. The van der Waals surface area contributed by atoms with Crippen LogP contribution in [0.5, 0.6) is 0 Å². The normalized spacial score (nSPS) is 17.1. The summed E-state index contributed by atoms with van der Waals surface area (Å²) in [6.45, 7) is 4.01. The van der Waals surface area contributed by atoms with E-state index in [1.54, 1.807) is 6.07 Å². The summed E-state index contributed by atoms with van der Waals surface area (Å²) in [6.07, 6.45) is 2.08. The molecule has 0 aromatic heterocycles. The van der Waals surface area contributed by atoms with Gasteiger partial charge in [-0.25, -0.2) is 4.99 Å². The lowest BCUT2D eigenvalue weighted by Gasteiger charge is -2.25. The van der Waals surface area contributed by atoms with Gasteiger partial charge in [-0.3, -0.25) is 0 Å². The number of halogens is 2. The van der Waals surface area contributed by atoms with Crippen LogP contribution in [0.3, 0.4) is 0 Å². The molecule has 5 heteroatoms. The molecule has 26 heavy (non-hydrogen) atoms. The molecule has 1 aliphatic rings. The fourth-order valence-corrected chi connectivity index (χ4v) is 3.73. The van der Waals surface area contributed by atoms with Crippen LogP contribution in [0.2, 0.25) is 10.0 Å². The summed E-state index contributed by atoms with van der Waals surface area (Å²) >= 11 is 12.6. The first kappa shape index (κ1) is 19.0. The largest absolute Gasteiger partial charge is 0.402 e. The standard InChI is InChI=1S/C21H23Cl2N3/c1-14(20(24)15-9-11-25-12-10-15)21(26-17-5-3-2-4-6-17)18-8-7-16(22)13-19(18)23/h2-8,13,15,25H,9-12,24H2,1H3/b20-14-,26-21?. The van der Waals surface area contributed by atoms with E-state index >= 15 is 0 Å². The zero-order valence-corrected chi connectivity index (χ0v) is 16.3. The second-order valence-corrected chi connectivity index (χ2v) is 7.37. The van der Waals surface area contributed by atoms with Crippen LogP contribution in [-0.2, 0) is 0 Å². The summed E-state index contributed by atoms with van der Waals surface area (Å²) in [5, 5.41) is 4.56. The van der Waals surface area contributed by atoms with Crippen LogP contribution in [0.1, 0.15) is 25.3 Å². The molecule has 0 bridgehead atoms. The minimum atomic E-state index is 0.364. The average Bonchev–Trinajstić information content (AvgIpc) is 2.67. The van der Waals surface area contributed by atoms with Gasteiger partial charge in [0.1, 0.15) is 0 Å². The molecule has 0 atom stereocenters. The van der Waals surface area contributed by atoms with E-state index in [0.29, 0.717) is 16.0 Å². The van der Waals surface area contributed by atoms with Gasteiger partial charge in [-0.1, -0.05) is 41.4 Å². The Hall–Kier alpha value is -1.81. The lowest BCUT2D eigenvalue weighted by atomic mass is 9.89. The molecular weight excluding hydrogens is 365 g/mol. The number of nitrogens with one attached hydrogen (secondary N) is 1. The van der Waals surface area contributed by atoms with Crippen molar-refractivity contribution in [3.8, 4) is 0 Å². The predicted octanol–water partition coefficient (Wildman–Crippen LogP) is 5.35. The summed E-state index contributed by atoms with van der Waals surface area (Å²) in [7, 11) is 0. The summed E-state index contributed by atoms with van der Waals surface area (Å²) in [6, 6.07) is 15.3. The van der Waals surface area contributed by atoms with Crippen molar-refractivity contribution in [2.24, 2.45) is 16.6 Å². The highest BCUT2D eigenvalue weighted by atomic mass is 35.5. The Balaban J connectivity index is 2.09. The average molecular weight is 388 g/mol. The summed E-state index contributed by atoms with van der Waals surface area (Å²) in [5.41, 5.74) is 10.9. The van der Waals surface area contributed by atoms with E-state index in [1.165, 1.54) is 0 Å². The van der Waals surface area contributed by atoms with Crippen molar-refractivity contribution in [1.82, 2.24) is 5.32 Å². The minimum Gasteiger partial charge on any atom is -0.402 e. The summed E-state index contributed by atoms with van der Waals surface area (Å²) in [4.78, 5) is 4.87. The molecule has 3 rings (SSSR count). The first-order valence-electron chi connectivity index (χ1n) is 8.82. The molecule has 0 unspecified atom stereocenters. The van der Waals surface area contributed by atoms with Crippen molar-refractivity contribution >= 4 is 34.6 Å². The van der Waals surface area contributed by atoms with Gasteiger partial charge in [-0.05, 0) is 68.8 Å². The van der Waals surface area contributed by atoms with Gasteiger partial charge in [-0.2, -0.15) is 0 Å². The minimum absolute atomic E-state index is 0.364. The Morgan fingerprint density at radius 1 is 1.08 bits per heavy atom. The van der Waals surface area contributed by atoms with E-state index in [9.17, 15) is 0 Å². The van der Waals surface area contributed by atoms with Crippen LogP contribution in [-0.4, -0.2) is 18.8 Å². The van der Waals surface area contributed by atoms with Crippen LogP contribution in [0, 0.1) is 5.92 Å². The molecule has 1 aliphatic heterocycles. The topological polar surface area (TPSA) is 50.4 Å². The van der Waals surface area contributed by atoms with E-state index in [1.807, 2.05) is 49.4 Å². The summed E-state index contributed by atoms with van der Waals surface area (Å²) < 4.78 is 0. The van der Waals surface area contributed by atoms with Gasteiger partial charge in [0.25, 0.3) is 0 Å². The maximum Gasteiger partial charge on any atom is 0.0770 e. The van der Waals surface area contributed by atoms with Crippen molar-refractivity contribution in [2.75, 3.05) is 13.1 Å². The number of hydrogen-bond acceptors (Lipinski definition) is 3. The Morgan fingerprint density at radius 2 is 1.77 bits per heavy atom. The number of para-hydroxylation sites is 1. The van der Waals surface area contributed by atoms with E-state index in [0.717, 1.165) is 54.2 Å². The Kier molecular flexibility index (Phi) is 6.36. The molecule has 2 aromatic carbocycles. The van der Waals surface area contributed by atoms with Gasteiger partial charge >= 0.3 is 0 Å². The highest BCUT2D eigenvalue weighted by Gasteiger charge is 2.21. The Morgan fingerprint density at radius 3 is 2.42 bits per heavy atom. The Bertz CT molecular complexity index is 822. The molecule has 0 spiro atoms. The van der Waals surface area contributed by atoms with Gasteiger partial charge in [0.15, 0.2) is 0 Å². The molecule has 1 heterocycles. The number of piperidine rings is 1. The third-order valence-corrected chi connectivity index (χ3v) is 5.30.